The summed E-state index contributed by atoms with van der Waals surface area (Å²) in [4.78, 5) is 17.6. The van der Waals surface area contributed by atoms with Gasteiger partial charge in [-0.25, -0.2) is 4.68 Å². The topological polar surface area (TPSA) is 41.4 Å². The highest BCUT2D eigenvalue weighted by Crippen LogP contribution is 2.30. The molecule has 4 aromatic rings. The van der Waals surface area contributed by atoms with Gasteiger partial charge in [-0.3, -0.25) is 9.69 Å². The molecule has 172 valence electrons. The maximum absolute atomic E-state index is 13.2. The first-order chi connectivity index (χ1) is 16.6. The van der Waals surface area contributed by atoms with Crippen LogP contribution in [-0.2, 0) is 0 Å². The van der Waals surface area contributed by atoms with Crippen LogP contribution in [0.25, 0.3) is 5.69 Å². The molecule has 1 aliphatic rings. The summed E-state index contributed by atoms with van der Waals surface area (Å²) >= 11 is 6.14. The zero-order chi connectivity index (χ0) is 23.5. The SMILES string of the molecule is Cc1ccn(-c2ccc(C(=O)N3CCN(C(c4ccccc4)c4ccc(Cl)cc4)CC3)cc2)n1. The number of aromatic nitrogens is 2. The van der Waals surface area contributed by atoms with Crippen molar-refractivity contribution in [3.63, 3.8) is 0 Å². The Balaban J connectivity index is 1.29. The largest absolute Gasteiger partial charge is 0.336 e. The predicted molar refractivity (Wildman–Crippen MR) is 136 cm³/mol. The lowest BCUT2D eigenvalue weighted by molar-refractivity contribution is 0.0597. The highest BCUT2D eigenvalue weighted by Gasteiger charge is 2.28. The summed E-state index contributed by atoms with van der Waals surface area (Å²) in [5.74, 6) is 0.0746. The summed E-state index contributed by atoms with van der Waals surface area (Å²) < 4.78 is 1.82. The molecule has 1 aliphatic heterocycles. The number of hydrogen-bond donors (Lipinski definition) is 0. The minimum atomic E-state index is 0.0746. The van der Waals surface area contributed by atoms with Crippen molar-refractivity contribution in [1.82, 2.24) is 19.6 Å². The fourth-order valence-corrected chi connectivity index (χ4v) is 4.70. The molecule has 0 aliphatic carbocycles. The van der Waals surface area contributed by atoms with Crippen LogP contribution in [0.15, 0.2) is 91.1 Å². The number of amides is 1. The Morgan fingerprint density at radius 2 is 1.47 bits per heavy atom. The third kappa shape index (κ3) is 4.76. The second-order valence-electron chi connectivity index (χ2n) is 8.64. The molecule has 0 saturated carbocycles. The number of carbonyl (C=O) groups excluding carboxylic acids is 1. The molecule has 5 rings (SSSR count). The average molecular weight is 471 g/mol. The van der Waals surface area contributed by atoms with E-state index in [0.717, 1.165) is 29.5 Å². The summed E-state index contributed by atoms with van der Waals surface area (Å²) in [6, 6.07) is 28.4. The molecular formula is C28H27ClN4O. The normalized spacial score (nSPS) is 15.3. The fraction of sp³-hybridized carbons (Fsp3) is 0.214. The van der Waals surface area contributed by atoms with E-state index in [0.29, 0.717) is 18.7 Å². The Morgan fingerprint density at radius 1 is 0.824 bits per heavy atom. The van der Waals surface area contributed by atoms with E-state index in [-0.39, 0.29) is 11.9 Å². The van der Waals surface area contributed by atoms with E-state index >= 15 is 0 Å². The molecule has 6 heteroatoms. The molecule has 1 amide bonds. The van der Waals surface area contributed by atoms with Crippen LogP contribution < -0.4 is 0 Å². The molecule has 34 heavy (non-hydrogen) atoms. The smallest absolute Gasteiger partial charge is 0.253 e. The van der Waals surface area contributed by atoms with Crippen LogP contribution in [-0.4, -0.2) is 51.7 Å². The molecule has 1 atom stereocenters. The summed E-state index contributed by atoms with van der Waals surface area (Å²) in [7, 11) is 0. The molecule has 2 heterocycles. The van der Waals surface area contributed by atoms with Crippen LogP contribution >= 0.6 is 11.6 Å². The molecule has 0 spiro atoms. The molecule has 0 radical (unpaired) electrons. The minimum Gasteiger partial charge on any atom is -0.336 e. The Labute approximate surface area is 205 Å². The van der Waals surface area contributed by atoms with Gasteiger partial charge in [0.1, 0.15) is 0 Å². The third-order valence-electron chi connectivity index (χ3n) is 6.37. The third-order valence-corrected chi connectivity index (χ3v) is 6.62. The minimum absolute atomic E-state index is 0.0746. The molecule has 3 aromatic carbocycles. The Morgan fingerprint density at radius 3 is 2.09 bits per heavy atom. The van der Waals surface area contributed by atoms with Crippen LogP contribution in [0.4, 0.5) is 0 Å². The summed E-state index contributed by atoms with van der Waals surface area (Å²) in [6.45, 7) is 4.95. The molecule has 0 bridgehead atoms. The van der Waals surface area contributed by atoms with Crippen LogP contribution in [0, 0.1) is 6.92 Å². The zero-order valence-electron chi connectivity index (χ0n) is 19.1. The maximum atomic E-state index is 13.2. The standard InChI is InChI=1S/C28H27ClN4O/c1-21-15-16-33(30-21)26-13-9-24(10-14-26)28(34)32-19-17-31(18-20-32)27(22-5-3-2-4-6-22)23-7-11-25(29)12-8-23/h2-16,27H,17-20H2,1H3. The molecule has 1 fully saturated rings. The summed E-state index contributed by atoms with van der Waals surface area (Å²) in [5, 5.41) is 5.17. The zero-order valence-corrected chi connectivity index (χ0v) is 19.9. The lowest BCUT2D eigenvalue weighted by atomic mass is 9.96. The molecule has 0 N–H and O–H groups in total. The monoisotopic (exact) mass is 470 g/mol. The van der Waals surface area contributed by atoms with Gasteiger partial charge in [-0.1, -0.05) is 54.1 Å². The van der Waals surface area contributed by atoms with E-state index in [1.165, 1.54) is 11.1 Å². The first-order valence-electron chi connectivity index (χ1n) is 11.5. The van der Waals surface area contributed by atoms with Gasteiger partial charge in [0.05, 0.1) is 17.4 Å². The number of carbonyl (C=O) groups is 1. The number of aryl methyl sites for hydroxylation is 1. The van der Waals surface area contributed by atoms with E-state index in [1.54, 1.807) is 0 Å². The van der Waals surface area contributed by atoms with Crippen molar-refractivity contribution in [3.05, 3.63) is 119 Å². The molecule has 1 unspecified atom stereocenters. The van der Waals surface area contributed by atoms with E-state index in [2.05, 4.69) is 46.4 Å². The maximum Gasteiger partial charge on any atom is 0.253 e. The Bertz CT molecular complexity index is 1240. The number of rotatable bonds is 5. The van der Waals surface area contributed by atoms with Crippen molar-refractivity contribution in [3.8, 4) is 5.69 Å². The van der Waals surface area contributed by atoms with Crippen molar-refractivity contribution in [1.29, 1.82) is 0 Å². The first kappa shape index (κ1) is 22.4. The van der Waals surface area contributed by atoms with Gasteiger partial charge in [0.2, 0.25) is 0 Å². The second kappa shape index (κ2) is 9.84. The second-order valence-corrected chi connectivity index (χ2v) is 9.08. The van der Waals surface area contributed by atoms with Crippen LogP contribution in [0.1, 0.15) is 33.2 Å². The average Bonchev–Trinajstić information content (AvgIpc) is 3.32. The van der Waals surface area contributed by atoms with Gasteiger partial charge >= 0.3 is 0 Å². The molecule has 1 aromatic heterocycles. The quantitative estimate of drug-likeness (QED) is 0.393. The van der Waals surface area contributed by atoms with Gasteiger partial charge < -0.3 is 4.90 Å². The summed E-state index contributed by atoms with van der Waals surface area (Å²) in [5.41, 5.74) is 5.07. The number of hydrogen-bond acceptors (Lipinski definition) is 3. The molecule has 5 nitrogen and oxygen atoms in total. The van der Waals surface area contributed by atoms with Crippen molar-refractivity contribution in [2.24, 2.45) is 0 Å². The Kier molecular flexibility index (Phi) is 6.48. The number of halogens is 1. The number of benzene rings is 3. The Hall–Kier alpha value is -3.41. The highest BCUT2D eigenvalue weighted by molar-refractivity contribution is 6.30. The van der Waals surface area contributed by atoms with Crippen LogP contribution in [0.2, 0.25) is 5.02 Å². The van der Waals surface area contributed by atoms with Crippen LogP contribution in [0.5, 0.6) is 0 Å². The van der Waals surface area contributed by atoms with Crippen molar-refractivity contribution in [2.75, 3.05) is 26.2 Å². The highest BCUT2D eigenvalue weighted by atomic mass is 35.5. The molecule has 1 saturated heterocycles. The van der Waals surface area contributed by atoms with Gasteiger partial charge in [-0.15, -0.1) is 0 Å². The predicted octanol–water partition coefficient (Wildman–Crippen LogP) is 5.38. The summed E-state index contributed by atoms with van der Waals surface area (Å²) in [6.07, 6.45) is 1.93. The van der Waals surface area contributed by atoms with Gasteiger partial charge in [0.25, 0.3) is 5.91 Å². The van der Waals surface area contributed by atoms with Gasteiger partial charge in [-0.05, 0) is 60.5 Å². The van der Waals surface area contributed by atoms with Crippen LogP contribution in [0.3, 0.4) is 0 Å². The van der Waals surface area contributed by atoms with Crippen molar-refractivity contribution in [2.45, 2.75) is 13.0 Å². The van der Waals surface area contributed by atoms with Crippen molar-refractivity contribution >= 4 is 17.5 Å². The number of piperazine rings is 1. The van der Waals surface area contributed by atoms with E-state index in [9.17, 15) is 4.79 Å². The first-order valence-corrected chi connectivity index (χ1v) is 11.9. The molecular weight excluding hydrogens is 444 g/mol. The lowest BCUT2D eigenvalue weighted by Crippen LogP contribution is -2.49. The van der Waals surface area contributed by atoms with Gasteiger partial charge in [0, 0.05) is 43.0 Å². The van der Waals surface area contributed by atoms with Crippen molar-refractivity contribution < 1.29 is 4.79 Å². The van der Waals surface area contributed by atoms with E-state index in [4.69, 9.17) is 11.6 Å². The fourth-order valence-electron chi connectivity index (χ4n) is 4.58. The van der Waals surface area contributed by atoms with E-state index in [1.807, 2.05) is 71.2 Å². The van der Waals surface area contributed by atoms with Gasteiger partial charge in [0.15, 0.2) is 0 Å². The number of nitrogens with zero attached hydrogens (tertiary/aromatic N) is 4. The van der Waals surface area contributed by atoms with E-state index < -0.39 is 0 Å². The van der Waals surface area contributed by atoms with Gasteiger partial charge in [-0.2, -0.15) is 5.10 Å². The lowest BCUT2D eigenvalue weighted by Gasteiger charge is -2.39.